The Morgan fingerprint density at radius 3 is 2.93 bits per heavy atom. The molecule has 1 N–H and O–H groups in total. The molecular weight excluding hydrogens is 364 g/mol. The number of unbranched alkanes of at least 4 members (excludes halogenated alkanes) is 1. The molecule has 0 radical (unpaired) electrons. The molecule has 3 aromatic rings. The number of nitrogens with one attached hydrogen (secondary N) is 1. The number of aromatic nitrogens is 6. The van der Waals surface area contributed by atoms with Gasteiger partial charge in [0.15, 0.2) is 5.82 Å². The van der Waals surface area contributed by atoms with Gasteiger partial charge in [0.05, 0.1) is 5.92 Å². The summed E-state index contributed by atoms with van der Waals surface area (Å²) in [5, 5.41) is 16.8. The Morgan fingerprint density at radius 1 is 1.30 bits per heavy atom. The highest BCUT2D eigenvalue weighted by Crippen LogP contribution is 2.25. The van der Waals surface area contributed by atoms with E-state index in [1.165, 1.54) is 17.7 Å². The van der Waals surface area contributed by atoms with E-state index in [1.54, 1.807) is 10.9 Å². The molecule has 140 valence electrons. The number of hydrogen-bond donors (Lipinski definition) is 1. The predicted molar refractivity (Wildman–Crippen MR) is 102 cm³/mol. The fourth-order valence-corrected chi connectivity index (χ4v) is 3.60. The highest BCUT2D eigenvalue weighted by atomic mass is 32.1. The lowest BCUT2D eigenvalue weighted by Crippen LogP contribution is -2.52. The van der Waals surface area contributed by atoms with Crippen molar-refractivity contribution in [2.75, 3.05) is 23.3 Å². The van der Waals surface area contributed by atoms with Gasteiger partial charge in [0.1, 0.15) is 17.2 Å². The molecule has 0 saturated carbocycles. The van der Waals surface area contributed by atoms with E-state index in [2.05, 4.69) is 37.5 Å². The second-order valence-electron chi connectivity index (χ2n) is 6.38. The van der Waals surface area contributed by atoms with Gasteiger partial charge in [0.25, 0.3) is 0 Å². The van der Waals surface area contributed by atoms with Crippen molar-refractivity contribution in [3.05, 3.63) is 35.9 Å². The lowest BCUT2D eigenvalue weighted by Gasteiger charge is -2.38. The maximum atomic E-state index is 12.4. The van der Waals surface area contributed by atoms with Gasteiger partial charge in [-0.15, -0.1) is 10.2 Å². The number of hydrogen-bond acceptors (Lipinski definition) is 8. The predicted octanol–water partition coefficient (Wildman–Crippen LogP) is 1.93. The Morgan fingerprint density at radius 2 is 2.15 bits per heavy atom. The van der Waals surface area contributed by atoms with Gasteiger partial charge in [-0.2, -0.15) is 5.10 Å². The normalized spacial score (nSPS) is 14.2. The molecule has 10 heteroatoms. The van der Waals surface area contributed by atoms with Crippen LogP contribution in [0.25, 0.3) is 5.82 Å². The average molecular weight is 384 g/mol. The van der Waals surface area contributed by atoms with Crippen LogP contribution in [0.4, 0.5) is 10.9 Å². The van der Waals surface area contributed by atoms with Crippen molar-refractivity contribution >= 4 is 28.2 Å². The highest BCUT2D eigenvalue weighted by molar-refractivity contribution is 7.15. The highest BCUT2D eigenvalue weighted by Gasteiger charge is 2.34. The molecule has 1 amide bonds. The average Bonchev–Trinajstić information content (AvgIpc) is 3.31. The minimum absolute atomic E-state index is 0.0224. The van der Waals surface area contributed by atoms with Gasteiger partial charge >= 0.3 is 0 Å². The molecule has 1 fully saturated rings. The zero-order valence-corrected chi connectivity index (χ0v) is 15.8. The summed E-state index contributed by atoms with van der Waals surface area (Å²) in [6.45, 7) is 3.37. The van der Waals surface area contributed by atoms with Gasteiger partial charge in [-0.25, -0.2) is 14.6 Å². The van der Waals surface area contributed by atoms with Crippen LogP contribution in [0.3, 0.4) is 0 Å². The van der Waals surface area contributed by atoms with Crippen LogP contribution in [0.2, 0.25) is 0 Å². The van der Waals surface area contributed by atoms with Crippen LogP contribution in [0.15, 0.2) is 30.9 Å². The van der Waals surface area contributed by atoms with Crippen molar-refractivity contribution < 1.29 is 4.79 Å². The summed E-state index contributed by atoms with van der Waals surface area (Å²) in [4.78, 5) is 23.0. The number of amides is 1. The van der Waals surface area contributed by atoms with Crippen LogP contribution in [0, 0.1) is 5.92 Å². The summed E-state index contributed by atoms with van der Waals surface area (Å²) in [7, 11) is 0. The van der Waals surface area contributed by atoms with Crippen LogP contribution < -0.4 is 10.2 Å². The Balaban J connectivity index is 1.32. The second kappa shape index (κ2) is 7.78. The third kappa shape index (κ3) is 3.95. The Labute approximate surface area is 160 Å². The van der Waals surface area contributed by atoms with Crippen LogP contribution in [-0.4, -0.2) is 48.9 Å². The molecule has 0 aromatic carbocycles. The topological polar surface area (TPSA) is 102 Å². The van der Waals surface area contributed by atoms with Crippen LogP contribution >= 0.6 is 11.3 Å². The van der Waals surface area contributed by atoms with E-state index in [4.69, 9.17) is 0 Å². The third-order valence-corrected chi connectivity index (χ3v) is 5.29. The summed E-state index contributed by atoms with van der Waals surface area (Å²) in [5.74, 6) is 1.38. The van der Waals surface area contributed by atoms with E-state index in [0.717, 1.165) is 30.1 Å². The smallest absolute Gasteiger partial charge is 0.232 e. The number of rotatable bonds is 7. The Hall–Kier alpha value is -2.88. The number of nitrogens with zero attached hydrogens (tertiary/aromatic N) is 7. The van der Waals surface area contributed by atoms with E-state index < -0.39 is 0 Å². The minimum atomic E-state index is -0.0869. The number of carbonyl (C=O) groups excluding carboxylic acids is 1. The van der Waals surface area contributed by atoms with Gasteiger partial charge in [0.2, 0.25) is 11.0 Å². The summed E-state index contributed by atoms with van der Waals surface area (Å²) in [5.41, 5.74) is 0. The van der Waals surface area contributed by atoms with Crippen molar-refractivity contribution in [2.24, 2.45) is 5.92 Å². The molecular formula is C17H20N8OS. The molecule has 4 heterocycles. The molecule has 0 bridgehead atoms. The zero-order chi connectivity index (χ0) is 18.6. The molecule has 3 aromatic heterocycles. The standard InChI is InChI=1S/C17H20N8OS/c1-2-3-5-15-22-23-17(27-15)21-16(26)12-9-24(10-12)13-8-14(19-11-18-13)25-7-4-6-20-25/h4,6-8,11-12H,2-3,5,9-10H2,1H3,(H,21,23,26). The molecule has 27 heavy (non-hydrogen) atoms. The maximum absolute atomic E-state index is 12.4. The van der Waals surface area contributed by atoms with Gasteiger partial charge in [0, 0.05) is 38.0 Å². The summed E-state index contributed by atoms with van der Waals surface area (Å²) in [6, 6.07) is 3.71. The van der Waals surface area contributed by atoms with E-state index in [9.17, 15) is 4.79 Å². The largest absolute Gasteiger partial charge is 0.355 e. The van der Waals surface area contributed by atoms with Gasteiger partial charge in [-0.05, 0) is 12.5 Å². The summed E-state index contributed by atoms with van der Waals surface area (Å²) < 4.78 is 1.68. The first-order valence-corrected chi connectivity index (χ1v) is 9.75. The first kappa shape index (κ1) is 17.5. The molecule has 0 unspecified atom stereocenters. The van der Waals surface area contributed by atoms with E-state index in [0.29, 0.717) is 24.0 Å². The molecule has 0 spiro atoms. The van der Waals surface area contributed by atoms with Crippen molar-refractivity contribution in [1.29, 1.82) is 0 Å². The molecule has 1 saturated heterocycles. The van der Waals surface area contributed by atoms with Crippen molar-refractivity contribution in [2.45, 2.75) is 26.2 Å². The zero-order valence-electron chi connectivity index (χ0n) is 14.9. The quantitative estimate of drug-likeness (QED) is 0.664. The molecule has 0 atom stereocenters. The first-order valence-electron chi connectivity index (χ1n) is 8.93. The fourth-order valence-electron chi connectivity index (χ4n) is 2.81. The second-order valence-corrected chi connectivity index (χ2v) is 7.44. The van der Waals surface area contributed by atoms with Crippen LogP contribution in [0.5, 0.6) is 0 Å². The van der Waals surface area contributed by atoms with Crippen LogP contribution in [-0.2, 0) is 11.2 Å². The van der Waals surface area contributed by atoms with Gasteiger partial charge < -0.3 is 10.2 Å². The Bertz CT molecular complexity index is 903. The Kier molecular flexibility index (Phi) is 5.05. The fraction of sp³-hybridized carbons (Fsp3) is 0.412. The molecule has 9 nitrogen and oxygen atoms in total. The van der Waals surface area contributed by atoms with Crippen LogP contribution in [0.1, 0.15) is 24.8 Å². The van der Waals surface area contributed by atoms with Crippen molar-refractivity contribution in [3.63, 3.8) is 0 Å². The van der Waals surface area contributed by atoms with E-state index in [-0.39, 0.29) is 11.8 Å². The van der Waals surface area contributed by atoms with Crippen molar-refractivity contribution in [1.82, 2.24) is 29.9 Å². The molecule has 0 aliphatic carbocycles. The number of anilines is 2. The lowest BCUT2D eigenvalue weighted by molar-refractivity contribution is -0.120. The van der Waals surface area contributed by atoms with Gasteiger partial charge in [-0.3, -0.25) is 4.79 Å². The molecule has 4 rings (SSSR count). The summed E-state index contributed by atoms with van der Waals surface area (Å²) in [6.07, 6.45) is 8.15. The number of carbonyl (C=O) groups is 1. The molecule has 1 aliphatic rings. The van der Waals surface area contributed by atoms with Crippen molar-refractivity contribution in [3.8, 4) is 5.82 Å². The monoisotopic (exact) mass is 384 g/mol. The van der Waals surface area contributed by atoms with Gasteiger partial charge in [-0.1, -0.05) is 24.7 Å². The maximum Gasteiger partial charge on any atom is 0.232 e. The SMILES string of the molecule is CCCCc1nnc(NC(=O)C2CN(c3cc(-n4cccn4)ncn3)C2)s1. The van der Waals surface area contributed by atoms with E-state index in [1.807, 2.05) is 23.2 Å². The first-order chi connectivity index (χ1) is 13.2. The third-order valence-electron chi connectivity index (χ3n) is 4.39. The van der Waals surface area contributed by atoms with E-state index >= 15 is 0 Å². The molecule has 1 aliphatic heterocycles. The number of aryl methyl sites for hydroxylation is 1. The lowest BCUT2D eigenvalue weighted by atomic mass is 9.99. The summed E-state index contributed by atoms with van der Waals surface area (Å²) >= 11 is 1.45. The minimum Gasteiger partial charge on any atom is -0.355 e.